The average Bonchev–Trinajstić information content (AvgIpc) is 2.39. The Kier molecular flexibility index (Phi) is 17.1. The van der Waals surface area contributed by atoms with Crippen LogP contribution in [-0.2, 0) is 0 Å². The predicted molar refractivity (Wildman–Crippen MR) is 85.6 cm³/mol. The van der Waals surface area contributed by atoms with Crippen LogP contribution in [0, 0.1) is 0 Å². The lowest BCUT2D eigenvalue weighted by Gasteiger charge is -1.99. The van der Waals surface area contributed by atoms with Gasteiger partial charge in [-0.05, 0) is 32.1 Å². The molecule has 0 aliphatic rings. The Morgan fingerprint density at radius 2 is 1.06 bits per heavy atom. The fourth-order valence-electron chi connectivity index (χ4n) is 2.17. The summed E-state index contributed by atoms with van der Waals surface area (Å²) in [7, 11) is 0. The lowest BCUT2D eigenvalue weighted by atomic mass is 10.1. The molecule has 0 aromatic carbocycles. The van der Waals surface area contributed by atoms with Crippen molar-refractivity contribution in [3.8, 4) is 0 Å². The van der Waals surface area contributed by atoms with E-state index in [1.54, 1.807) is 0 Å². The first-order chi connectivity index (χ1) is 8.91. The van der Waals surface area contributed by atoms with E-state index in [1.807, 2.05) is 0 Å². The van der Waals surface area contributed by atoms with Gasteiger partial charge in [0.05, 0.1) is 0 Å². The number of hydrogen-bond donors (Lipinski definition) is 0. The molecule has 0 aromatic rings. The van der Waals surface area contributed by atoms with Gasteiger partial charge in [0, 0.05) is 5.88 Å². The summed E-state index contributed by atoms with van der Waals surface area (Å²) < 4.78 is 0. The third kappa shape index (κ3) is 16.0. The van der Waals surface area contributed by atoms with Gasteiger partial charge < -0.3 is 0 Å². The Morgan fingerprint density at radius 1 is 0.611 bits per heavy atom. The average molecular weight is 273 g/mol. The van der Waals surface area contributed by atoms with E-state index < -0.39 is 0 Å². The zero-order valence-corrected chi connectivity index (χ0v) is 13.2. The van der Waals surface area contributed by atoms with E-state index in [2.05, 4.69) is 19.1 Å². The summed E-state index contributed by atoms with van der Waals surface area (Å²) in [5.74, 6) is 0.827. The normalized spacial score (nSPS) is 11.4. The molecule has 0 aliphatic carbocycles. The molecule has 0 spiro atoms. The predicted octanol–water partition coefficient (Wildman–Crippen LogP) is 6.87. The number of unbranched alkanes of at least 4 members (excludes halogenated alkanes) is 11. The van der Waals surface area contributed by atoms with Gasteiger partial charge in [-0.15, -0.1) is 11.6 Å². The molecule has 108 valence electrons. The van der Waals surface area contributed by atoms with E-state index in [-0.39, 0.29) is 0 Å². The van der Waals surface area contributed by atoms with Gasteiger partial charge in [0.25, 0.3) is 0 Å². The Labute approximate surface area is 120 Å². The van der Waals surface area contributed by atoms with Crippen molar-refractivity contribution in [2.45, 2.75) is 90.4 Å². The largest absolute Gasteiger partial charge is 0.127 e. The standard InChI is InChI=1S/C17H33Cl/c1-2-3-4-5-6-7-8-9-10-11-12-13-14-15-16-17-18/h10-11H,2-9,12-17H2,1H3/b11-10+. The van der Waals surface area contributed by atoms with Crippen LogP contribution < -0.4 is 0 Å². The van der Waals surface area contributed by atoms with Crippen molar-refractivity contribution in [1.82, 2.24) is 0 Å². The molecule has 18 heavy (non-hydrogen) atoms. The highest BCUT2D eigenvalue weighted by Crippen LogP contribution is 2.09. The van der Waals surface area contributed by atoms with Crippen LogP contribution in [0.4, 0.5) is 0 Å². The molecule has 0 amide bonds. The first kappa shape index (κ1) is 18.0. The third-order valence-electron chi connectivity index (χ3n) is 3.40. The molecular weight excluding hydrogens is 240 g/mol. The quantitative estimate of drug-likeness (QED) is 0.184. The van der Waals surface area contributed by atoms with Crippen molar-refractivity contribution in [3.63, 3.8) is 0 Å². The molecule has 0 heterocycles. The summed E-state index contributed by atoms with van der Waals surface area (Å²) in [4.78, 5) is 0. The molecule has 0 radical (unpaired) electrons. The Bertz CT molecular complexity index is 163. The van der Waals surface area contributed by atoms with E-state index in [1.165, 1.54) is 83.5 Å². The zero-order chi connectivity index (χ0) is 13.3. The number of alkyl halides is 1. The number of halogens is 1. The number of hydrogen-bond acceptors (Lipinski definition) is 0. The van der Waals surface area contributed by atoms with Crippen LogP contribution in [0.5, 0.6) is 0 Å². The minimum absolute atomic E-state index is 0.827. The number of rotatable bonds is 14. The molecule has 0 bridgehead atoms. The lowest BCUT2D eigenvalue weighted by molar-refractivity contribution is 0.591. The van der Waals surface area contributed by atoms with Crippen molar-refractivity contribution in [2.75, 3.05) is 5.88 Å². The second kappa shape index (κ2) is 17.0. The zero-order valence-electron chi connectivity index (χ0n) is 12.4. The maximum Gasteiger partial charge on any atom is 0.0223 e. The molecule has 0 N–H and O–H groups in total. The van der Waals surface area contributed by atoms with Crippen LogP contribution in [0.15, 0.2) is 12.2 Å². The minimum atomic E-state index is 0.827. The van der Waals surface area contributed by atoms with Crippen LogP contribution >= 0.6 is 11.6 Å². The van der Waals surface area contributed by atoms with Crippen molar-refractivity contribution in [3.05, 3.63) is 12.2 Å². The summed E-state index contributed by atoms with van der Waals surface area (Å²) in [6.07, 6.45) is 22.4. The molecule has 0 saturated carbocycles. The van der Waals surface area contributed by atoms with Crippen molar-refractivity contribution >= 4 is 11.6 Å². The fourth-order valence-corrected chi connectivity index (χ4v) is 2.35. The topological polar surface area (TPSA) is 0 Å². The van der Waals surface area contributed by atoms with Gasteiger partial charge in [-0.2, -0.15) is 0 Å². The summed E-state index contributed by atoms with van der Waals surface area (Å²) in [6, 6.07) is 0. The molecule has 1 heteroatoms. The molecule has 0 aliphatic heterocycles. The Morgan fingerprint density at radius 3 is 1.56 bits per heavy atom. The van der Waals surface area contributed by atoms with E-state index in [0.29, 0.717) is 0 Å². The molecule has 0 fully saturated rings. The first-order valence-electron chi connectivity index (χ1n) is 8.12. The summed E-state index contributed by atoms with van der Waals surface area (Å²) in [5, 5.41) is 0. The van der Waals surface area contributed by atoms with Crippen LogP contribution in [-0.4, -0.2) is 5.88 Å². The molecule has 0 saturated heterocycles. The lowest BCUT2D eigenvalue weighted by Crippen LogP contribution is -1.79. The molecule has 0 atom stereocenters. The summed E-state index contributed by atoms with van der Waals surface area (Å²) in [5.41, 5.74) is 0. The van der Waals surface area contributed by atoms with Crippen molar-refractivity contribution in [1.29, 1.82) is 0 Å². The van der Waals surface area contributed by atoms with Crippen LogP contribution in [0.2, 0.25) is 0 Å². The summed E-state index contributed by atoms with van der Waals surface area (Å²) in [6.45, 7) is 2.28. The Balaban J connectivity index is 3.00. The molecular formula is C17H33Cl. The summed E-state index contributed by atoms with van der Waals surface area (Å²) >= 11 is 5.64. The van der Waals surface area contributed by atoms with Crippen LogP contribution in [0.3, 0.4) is 0 Å². The maximum atomic E-state index is 5.64. The molecule has 0 aromatic heterocycles. The highest BCUT2D eigenvalue weighted by atomic mass is 35.5. The van der Waals surface area contributed by atoms with Crippen LogP contribution in [0.25, 0.3) is 0 Å². The van der Waals surface area contributed by atoms with Crippen molar-refractivity contribution in [2.24, 2.45) is 0 Å². The third-order valence-corrected chi connectivity index (χ3v) is 3.66. The second-order valence-corrected chi connectivity index (χ2v) is 5.65. The van der Waals surface area contributed by atoms with Crippen molar-refractivity contribution < 1.29 is 0 Å². The number of allylic oxidation sites excluding steroid dienone is 2. The Hall–Kier alpha value is 0.0300. The SMILES string of the molecule is CCCCCCCCC/C=C/CCCCCCCl. The van der Waals surface area contributed by atoms with Gasteiger partial charge in [-0.3, -0.25) is 0 Å². The second-order valence-electron chi connectivity index (χ2n) is 5.27. The van der Waals surface area contributed by atoms with Gasteiger partial charge in [0.2, 0.25) is 0 Å². The van der Waals surface area contributed by atoms with Gasteiger partial charge in [-0.1, -0.05) is 70.4 Å². The smallest absolute Gasteiger partial charge is 0.0223 e. The fraction of sp³-hybridized carbons (Fsp3) is 0.882. The molecule has 0 nitrogen and oxygen atoms in total. The van der Waals surface area contributed by atoms with Gasteiger partial charge in [-0.25, -0.2) is 0 Å². The van der Waals surface area contributed by atoms with Gasteiger partial charge in [0.15, 0.2) is 0 Å². The maximum absolute atomic E-state index is 5.64. The van der Waals surface area contributed by atoms with E-state index in [9.17, 15) is 0 Å². The molecule has 0 unspecified atom stereocenters. The van der Waals surface area contributed by atoms with E-state index in [0.717, 1.165) is 5.88 Å². The van der Waals surface area contributed by atoms with Gasteiger partial charge in [0.1, 0.15) is 0 Å². The highest BCUT2D eigenvalue weighted by molar-refractivity contribution is 6.17. The van der Waals surface area contributed by atoms with E-state index in [4.69, 9.17) is 11.6 Å². The van der Waals surface area contributed by atoms with E-state index >= 15 is 0 Å². The minimum Gasteiger partial charge on any atom is -0.127 e. The highest BCUT2D eigenvalue weighted by Gasteiger charge is 1.90. The van der Waals surface area contributed by atoms with Crippen LogP contribution in [0.1, 0.15) is 90.4 Å². The first-order valence-corrected chi connectivity index (χ1v) is 8.66. The van der Waals surface area contributed by atoms with Gasteiger partial charge >= 0.3 is 0 Å². The monoisotopic (exact) mass is 272 g/mol. The molecule has 0 rings (SSSR count).